The molecule has 1 heterocycles. The molecule has 1 fully saturated rings. The minimum atomic E-state index is -0.531. The first-order valence-electron chi connectivity index (χ1n) is 10.4. The van der Waals surface area contributed by atoms with Gasteiger partial charge in [-0.3, -0.25) is 4.79 Å². The summed E-state index contributed by atoms with van der Waals surface area (Å²) in [6, 6.07) is 18.1. The number of carbonyl (C=O) groups is 1. The van der Waals surface area contributed by atoms with Gasteiger partial charge in [-0.15, -0.1) is 0 Å². The number of thiazole rings is 1. The summed E-state index contributed by atoms with van der Waals surface area (Å²) >= 11 is 1.58. The summed E-state index contributed by atoms with van der Waals surface area (Å²) in [7, 11) is 0. The number of aromatic nitrogens is 1. The van der Waals surface area contributed by atoms with Crippen LogP contribution in [0.3, 0.4) is 0 Å². The van der Waals surface area contributed by atoms with E-state index in [9.17, 15) is 9.90 Å². The summed E-state index contributed by atoms with van der Waals surface area (Å²) in [6.07, 6.45) is 6.53. The number of Topliss-reactive ketones (excluding diaryl/α,β-unsaturated/α-hetero) is 1. The van der Waals surface area contributed by atoms with E-state index in [4.69, 9.17) is 0 Å². The predicted octanol–water partition coefficient (Wildman–Crippen LogP) is 5.30. The number of rotatable bonds is 8. The number of aliphatic hydroxyl groups excluding tert-OH is 1. The Hall–Kier alpha value is -1.20. The largest absolute Gasteiger partial charge is 0.388 e. The smallest absolute Gasteiger partial charge is 0.140 e. The molecule has 4 rings (SSSR count). The molecular weight excluding hydrogens is 467 g/mol. The quantitative estimate of drug-likeness (QED) is 0.433. The van der Waals surface area contributed by atoms with Gasteiger partial charge in [-0.05, 0) is 29.0 Å². The molecule has 3 aromatic rings. The van der Waals surface area contributed by atoms with E-state index in [1.54, 1.807) is 17.5 Å². The maximum absolute atomic E-state index is 12.6. The third-order valence-corrected chi connectivity index (χ3v) is 6.70. The van der Waals surface area contributed by atoms with Crippen LogP contribution in [0.25, 0.3) is 0 Å². The minimum absolute atomic E-state index is 0. The molecule has 0 spiro atoms. The average Bonchev–Trinajstić information content (AvgIpc) is 3.39. The van der Waals surface area contributed by atoms with E-state index in [0.29, 0.717) is 24.5 Å². The first-order chi connectivity index (χ1) is 14.2. The van der Waals surface area contributed by atoms with Crippen LogP contribution in [-0.4, -0.2) is 15.9 Å². The van der Waals surface area contributed by atoms with Crippen molar-refractivity contribution in [3.8, 4) is 0 Å². The summed E-state index contributed by atoms with van der Waals surface area (Å²) in [5.74, 6) is 0.764. The van der Waals surface area contributed by atoms with Crippen molar-refractivity contribution < 1.29 is 42.6 Å². The molecule has 1 aromatic heterocycles. The Morgan fingerprint density at radius 1 is 1.13 bits per heavy atom. The van der Waals surface area contributed by atoms with Crippen LogP contribution in [0.4, 0.5) is 0 Å². The van der Waals surface area contributed by atoms with Gasteiger partial charge in [0.25, 0.3) is 0 Å². The Morgan fingerprint density at radius 2 is 1.90 bits per heavy atom. The van der Waals surface area contributed by atoms with E-state index in [1.165, 1.54) is 0 Å². The van der Waals surface area contributed by atoms with Crippen molar-refractivity contribution in [2.75, 3.05) is 0 Å². The first kappa shape index (κ1) is 23.5. The molecule has 0 aliphatic heterocycles. The molecule has 153 valence electrons. The molecule has 0 bridgehead atoms. The fraction of sp³-hybridized carbons (Fsp3) is 0.360. The van der Waals surface area contributed by atoms with Crippen LogP contribution in [0.2, 0.25) is 0 Å². The monoisotopic (exact) mass is 493 g/mol. The molecule has 3 unspecified atom stereocenters. The van der Waals surface area contributed by atoms with Crippen molar-refractivity contribution in [1.29, 1.82) is 0 Å². The topological polar surface area (TPSA) is 50.2 Å². The Labute approximate surface area is 207 Å². The van der Waals surface area contributed by atoms with Gasteiger partial charge in [-0.1, -0.05) is 85.1 Å². The van der Waals surface area contributed by atoms with Gasteiger partial charge in [0.15, 0.2) is 0 Å². The van der Waals surface area contributed by atoms with Gasteiger partial charge in [-0.2, -0.15) is 5.38 Å². The van der Waals surface area contributed by atoms with Crippen molar-refractivity contribution in [2.24, 2.45) is 5.92 Å². The molecular formula is C25H26NO2SY-. The summed E-state index contributed by atoms with van der Waals surface area (Å²) in [4.78, 5) is 16.9. The number of ketones is 1. The Morgan fingerprint density at radius 3 is 2.60 bits per heavy atom. The summed E-state index contributed by atoms with van der Waals surface area (Å²) in [6.45, 7) is 0. The van der Waals surface area contributed by atoms with Gasteiger partial charge in [0.1, 0.15) is 5.78 Å². The van der Waals surface area contributed by atoms with Gasteiger partial charge in [0.2, 0.25) is 0 Å². The van der Waals surface area contributed by atoms with Crippen molar-refractivity contribution in [2.45, 2.75) is 50.5 Å². The van der Waals surface area contributed by atoms with Crippen molar-refractivity contribution in [1.82, 2.24) is 4.98 Å². The van der Waals surface area contributed by atoms with E-state index >= 15 is 0 Å². The molecule has 1 radical (unpaired) electrons. The average molecular weight is 493 g/mol. The molecule has 1 N–H and O–H groups in total. The van der Waals surface area contributed by atoms with E-state index in [2.05, 4.69) is 10.4 Å². The van der Waals surface area contributed by atoms with Gasteiger partial charge in [-0.25, -0.2) is 0 Å². The Balaban J connectivity index is 0.00000256. The fourth-order valence-electron chi connectivity index (χ4n) is 4.41. The third-order valence-electron chi connectivity index (χ3n) is 5.94. The summed E-state index contributed by atoms with van der Waals surface area (Å²) in [5, 5.41) is 14.7. The Kier molecular flexibility index (Phi) is 8.94. The maximum Gasteiger partial charge on any atom is 0.140 e. The molecule has 0 amide bonds. The van der Waals surface area contributed by atoms with Crippen LogP contribution in [0.5, 0.6) is 0 Å². The number of hydrogen-bond donors (Lipinski definition) is 1. The Bertz CT molecular complexity index is 912. The van der Waals surface area contributed by atoms with E-state index in [1.807, 2.05) is 54.6 Å². The zero-order valence-electron chi connectivity index (χ0n) is 17.0. The second-order valence-corrected chi connectivity index (χ2v) is 8.79. The fourth-order valence-corrected chi connectivity index (χ4v) is 5.01. The summed E-state index contributed by atoms with van der Waals surface area (Å²) in [5.41, 5.74) is 3.11. The van der Waals surface area contributed by atoms with Gasteiger partial charge in [0, 0.05) is 51.5 Å². The van der Waals surface area contributed by atoms with E-state index in [-0.39, 0.29) is 38.6 Å². The maximum atomic E-state index is 12.6. The molecule has 1 aliphatic rings. The molecule has 30 heavy (non-hydrogen) atoms. The van der Waals surface area contributed by atoms with Crippen LogP contribution >= 0.6 is 11.3 Å². The first-order valence-corrected chi connectivity index (χ1v) is 11.2. The third kappa shape index (κ3) is 5.94. The van der Waals surface area contributed by atoms with Crippen LogP contribution in [-0.2, 0) is 50.3 Å². The molecule has 2 aromatic carbocycles. The number of nitrogens with zero attached hydrogens (tertiary/aromatic N) is 1. The second kappa shape index (κ2) is 11.4. The van der Waals surface area contributed by atoms with E-state index < -0.39 is 6.10 Å². The number of hydrogen-bond acceptors (Lipinski definition) is 4. The van der Waals surface area contributed by atoms with Crippen LogP contribution in [0.15, 0.2) is 60.8 Å². The zero-order chi connectivity index (χ0) is 20.1. The van der Waals surface area contributed by atoms with Gasteiger partial charge in [0.05, 0.1) is 6.10 Å². The number of aliphatic hydroxyl groups is 1. The molecule has 1 aliphatic carbocycles. The number of carbonyl (C=O) groups excluding carboxylic acids is 1. The van der Waals surface area contributed by atoms with Crippen molar-refractivity contribution in [3.63, 3.8) is 0 Å². The van der Waals surface area contributed by atoms with E-state index in [0.717, 1.165) is 47.4 Å². The van der Waals surface area contributed by atoms with Crippen LogP contribution < -0.4 is 0 Å². The minimum Gasteiger partial charge on any atom is -0.388 e. The molecule has 5 heteroatoms. The predicted molar refractivity (Wildman–Crippen MR) is 116 cm³/mol. The van der Waals surface area contributed by atoms with Crippen molar-refractivity contribution >= 4 is 17.1 Å². The normalized spacial score (nSPS) is 19.4. The number of benzene rings is 2. The molecule has 1 saturated carbocycles. The standard InChI is InChI=1S/C25H26NO2S.Y/c27-22-14-13-20(7-4-8-24-26-15-16-29-24)25(22)21-11-9-19(10-12-21)23(28)17-18-5-2-1-3-6-18;/h1-3,5-6,9-12,15,20,23,25,28H,4,7-8,13-14,17H2;/q-1;. The summed E-state index contributed by atoms with van der Waals surface area (Å²) < 4.78 is 0. The van der Waals surface area contributed by atoms with Crippen LogP contribution in [0.1, 0.15) is 59.4 Å². The molecule has 0 saturated heterocycles. The second-order valence-electron chi connectivity index (χ2n) is 7.88. The van der Waals surface area contributed by atoms with Gasteiger partial charge < -0.3 is 21.4 Å². The molecule has 3 nitrogen and oxygen atoms in total. The SMILES string of the molecule is O=C1CCC(CCCc2nc[c-]s2)C1c1ccc(C(O)Cc2ccccc2)cc1.[Y]. The van der Waals surface area contributed by atoms with Crippen molar-refractivity contribution in [3.05, 3.63) is 87.9 Å². The van der Waals surface area contributed by atoms with Crippen LogP contribution in [0, 0.1) is 11.3 Å². The zero-order valence-corrected chi connectivity index (χ0v) is 20.7. The molecule has 3 atom stereocenters. The number of aryl methyl sites for hydroxylation is 1. The van der Waals surface area contributed by atoms with Gasteiger partial charge >= 0.3 is 0 Å².